The number of hydrogen-bond acceptors (Lipinski definition) is 3. The highest BCUT2D eigenvalue weighted by molar-refractivity contribution is 9.10. The zero-order chi connectivity index (χ0) is 10.8. The Labute approximate surface area is 102 Å². The van der Waals surface area contributed by atoms with Crippen molar-refractivity contribution in [3.8, 4) is 0 Å². The molecule has 3 N–H and O–H groups in total. The zero-order valence-electron chi connectivity index (χ0n) is 8.32. The summed E-state index contributed by atoms with van der Waals surface area (Å²) in [5, 5.41) is 10.0. The number of nitrogens with two attached hydrogens (primary N) is 1. The predicted molar refractivity (Wildman–Crippen MR) is 68.1 cm³/mol. The maximum absolute atomic E-state index is 9.74. The van der Waals surface area contributed by atoms with Crippen molar-refractivity contribution in [2.75, 3.05) is 5.73 Å². The Morgan fingerprint density at radius 1 is 1.40 bits per heavy atom. The summed E-state index contributed by atoms with van der Waals surface area (Å²) in [6.45, 7) is 0. The number of nitrogen functional groups attached to an aromatic ring is 1. The lowest BCUT2D eigenvalue weighted by molar-refractivity contribution is 0.188. The van der Waals surface area contributed by atoms with Gasteiger partial charge >= 0.3 is 0 Å². The summed E-state index contributed by atoms with van der Waals surface area (Å²) in [7, 11) is 0. The molecular weight excluding hydrogens is 274 g/mol. The van der Waals surface area contributed by atoms with Crippen LogP contribution >= 0.6 is 27.7 Å². The molecule has 0 saturated heterocycles. The fourth-order valence-corrected chi connectivity index (χ4v) is 3.63. The minimum absolute atomic E-state index is 0.173. The molecule has 0 aliphatic heterocycles. The maximum Gasteiger partial charge on any atom is 0.0662 e. The number of hydrogen-bond donors (Lipinski definition) is 2. The van der Waals surface area contributed by atoms with Crippen molar-refractivity contribution in [3.63, 3.8) is 0 Å². The summed E-state index contributed by atoms with van der Waals surface area (Å²) in [5.41, 5.74) is 6.68. The second-order valence-electron chi connectivity index (χ2n) is 3.84. The number of aliphatic hydroxyl groups excluding tert-OH is 1. The Bertz CT molecular complexity index is 358. The Balaban J connectivity index is 2.12. The van der Waals surface area contributed by atoms with Crippen LogP contribution in [0.4, 0.5) is 5.69 Å². The molecule has 2 atom stereocenters. The lowest BCUT2D eigenvalue weighted by Gasteiger charge is -2.15. The Hall–Kier alpha value is -0.190. The van der Waals surface area contributed by atoms with E-state index in [1.54, 1.807) is 11.8 Å². The molecule has 0 aromatic heterocycles. The van der Waals surface area contributed by atoms with E-state index in [0.717, 1.165) is 34.3 Å². The van der Waals surface area contributed by atoms with Crippen molar-refractivity contribution in [2.45, 2.75) is 35.5 Å². The van der Waals surface area contributed by atoms with E-state index in [9.17, 15) is 5.11 Å². The average Bonchev–Trinajstić information content (AvgIpc) is 2.58. The van der Waals surface area contributed by atoms with Gasteiger partial charge in [0.05, 0.1) is 6.10 Å². The first kappa shape index (κ1) is 11.3. The molecule has 2 nitrogen and oxygen atoms in total. The van der Waals surface area contributed by atoms with Crippen molar-refractivity contribution in [3.05, 3.63) is 22.7 Å². The van der Waals surface area contributed by atoms with E-state index in [4.69, 9.17) is 5.73 Å². The SMILES string of the molecule is Nc1ccc(Br)cc1SC1CCCC1O. The van der Waals surface area contributed by atoms with Crippen LogP contribution in [0.2, 0.25) is 0 Å². The van der Waals surface area contributed by atoms with Crippen molar-refractivity contribution in [1.82, 2.24) is 0 Å². The number of benzene rings is 1. The van der Waals surface area contributed by atoms with Gasteiger partial charge in [0.25, 0.3) is 0 Å². The first-order valence-corrected chi connectivity index (χ1v) is 6.74. The van der Waals surface area contributed by atoms with Crippen LogP contribution in [0.3, 0.4) is 0 Å². The number of rotatable bonds is 2. The van der Waals surface area contributed by atoms with E-state index < -0.39 is 0 Å². The first-order valence-electron chi connectivity index (χ1n) is 5.06. The highest BCUT2D eigenvalue weighted by Crippen LogP contribution is 2.38. The summed E-state index contributed by atoms with van der Waals surface area (Å²) < 4.78 is 1.03. The highest BCUT2D eigenvalue weighted by atomic mass is 79.9. The molecule has 15 heavy (non-hydrogen) atoms. The summed E-state index contributed by atoms with van der Waals surface area (Å²) in [6.07, 6.45) is 2.95. The summed E-state index contributed by atoms with van der Waals surface area (Å²) >= 11 is 5.12. The van der Waals surface area contributed by atoms with Crippen molar-refractivity contribution < 1.29 is 5.11 Å². The largest absolute Gasteiger partial charge is 0.398 e. The van der Waals surface area contributed by atoms with Crippen molar-refractivity contribution in [1.29, 1.82) is 0 Å². The molecule has 1 aliphatic rings. The third-order valence-electron chi connectivity index (χ3n) is 2.67. The zero-order valence-corrected chi connectivity index (χ0v) is 10.7. The molecule has 1 fully saturated rings. The molecular formula is C11H14BrNOS. The average molecular weight is 288 g/mol. The van der Waals surface area contributed by atoms with E-state index in [2.05, 4.69) is 15.9 Å². The molecule has 0 spiro atoms. The standard InChI is InChI=1S/C11H14BrNOS/c12-7-4-5-8(13)11(6-7)15-10-3-1-2-9(10)14/h4-6,9-10,14H,1-3,13H2. The smallest absolute Gasteiger partial charge is 0.0662 e. The van der Waals surface area contributed by atoms with Gasteiger partial charge in [-0.25, -0.2) is 0 Å². The number of halogens is 1. The molecule has 1 aliphatic carbocycles. The van der Waals surface area contributed by atoms with E-state index in [1.165, 1.54) is 0 Å². The molecule has 0 heterocycles. The van der Waals surface area contributed by atoms with Crippen LogP contribution in [0.5, 0.6) is 0 Å². The van der Waals surface area contributed by atoms with Gasteiger partial charge < -0.3 is 10.8 Å². The van der Waals surface area contributed by atoms with Crippen molar-refractivity contribution >= 4 is 33.4 Å². The van der Waals surface area contributed by atoms with Crippen LogP contribution < -0.4 is 5.73 Å². The lowest BCUT2D eigenvalue weighted by atomic mass is 10.3. The Morgan fingerprint density at radius 2 is 2.20 bits per heavy atom. The normalized spacial score (nSPS) is 25.7. The van der Waals surface area contributed by atoms with E-state index in [1.807, 2.05) is 18.2 Å². The molecule has 0 amide bonds. The highest BCUT2D eigenvalue weighted by Gasteiger charge is 2.26. The minimum Gasteiger partial charge on any atom is -0.398 e. The van der Waals surface area contributed by atoms with Gasteiger partial charge in [-0.15, -0.1) is 11.8 Å². The van der Waals surface area contributed by atoms with Gasteiger partial charge in [-0.05, 0) is 37.5 Å². The molecule has 1 aromatic rings. The molecule has 82 valence electrons. The van der Waals surface area contributed by atoms with Crippen molar-refractivity contribution in [2.24, 2.45) is 0 Å². The van der Waals surface area contributed by atoms with Crippen LogP contribution in [0, 0.1) is 0 Å². The van der Waals surface area contributed by atoms with E-state index in [-0.39, 0.29) is 6.10 Å². The topological polar surface area (TPSA) is 46.2 Å². The van der Waals surface area contributed by atoms with Gasteiger partial charge in [0.1, 0.15) is 0 Å². The van der Waals surface area contributed by atoms with Crippen LogP contribution in [-0.4, -0.2) is 16.5 Å². The first-order chi connectivity index (χ1) is 7.16. The lowest BCUT2D eigenvalue weighted by Crippen LogP contribution is -2.15. The summed E-state index contributed by atoms with van der Waals surface area (Å²) in [6, 6.07) is 5.85. The van der Waals surface area contributed by atoms with Gasteiger partial charge in [-0.2, -0.15) is 0 Å². The monoisotopic (exact) mass is 287 g/mol. The summed E-state index contributed by atoms with van der Waals surface area (Å²) in [5.74, 6) is 0. The summed E-state index contributed by atoms with van der Waals surface area (Å²) in [4.78, 5) is 1.07. The number of thioether (sulfide) groups is 1. The van der Waals surface area contributed by atoms with Gasteiger partial charge in [-0.3, -0.25) is 0 Å². The predicted octanol–water partition coefficient (Wildman–Crippen LogP) is 3.04. The molecule has 1 saturated carbocycles. The fraction of sp³-hybridized carbons (Fsp3) is 0.455. The fourth-order valence-electron chi connectivity index (χ4n) is 1.82. The number of aliphatic hydroxyl groups is 1. The molecule has 1 aromatic carbocycles. The van der Waals surface area contributed by atoms with Gasteiger partial charge in [-0.1, -0.05) is 15.9 Å². The van der Waals surface area contributed by atoms with Crippen LogP contribution in [0.25, 0.3) is 0 Å². The molecule has 0 radical (unpaired) electrons. The van der Waals surface area contributed by atoms with Crippen LogP contribution in [0.1, 0.15) is 19.3 Å². The van der Waals surface area contributed by atoms with Crippen LogP contribution in [0.15, 0.2) is 27.6 Å². The third-order valence-corrected chi connectivity index (χ3v) is 4.63. The molecule has 0 bridgehead atoms. The number of anilines is 1. The Morgan fingerprint density at radius 3 is 2.87 bits per heavy atom. The maximum atomic E-state index is 9.74. The minimum atomic E-state index is -0.173. The molecule has 2 unspecified atom stereocenters. The third kappa shape index (κ3) is 2.68. The second kappa shape index (κ2) is 4.76. The molecule has 2 rings (SSSR count). The Kier molecular flexibility index (Phi) is 3.59. The van der Waals surface area contributed by atoms with Crippen LogP contribution in [-0.2, 0) is 0 Å². The van der Waals surface area contributed by atoms with Gasteiger partial charge in [0, 0.05) is 20.3 Å². The quantitative estimate of drug-likeness (QED) is 0.822. The van der Waals surface area contributed by atoms with Gasteiger partial charge in [0.15, 0.2) is 0 Å². The van der Waals surface area contributed by atoms with E-state index in [0.29, 0.717) is 5.25 Å². The molecule has 4 heteroatoms. The van der Waals surface area contributed by atoms with E-state index >= 15 is 0 Å². The van der Waals surface area contributed by atoms with Gasteiger partial charge in [0.2, 0.25) is 0 Å². The second-order valence-corrected chi connectivity index (χ2v) is 6.03.